The van der Waals surface area contributed by atoms with Crippen molar-refractivity contribution >= 4 is 22.5 Å². The molecule has 2 aliphatic heterocycles. The fourth-order valence-corrected chi connectivity index (χ4v) is 4.67. The second-order valence-corrected chi connectivity index (χ2v) is 7.64. The Morgan fingerprint density at radius 1 is 0.885 bits per heavy atom. The first kappa shape index (κ1) is 15.5. The number of anilines is 1. The molecule has 2 unspecified atom stereocenters. The third-order valence-corrected chi connectivity index (χ3v) is 6.05. The second kappa shape index (κ2) is 5.90. The van der Waals surface area contributed by atoms with Crippen LogP contribution in [0.1, 0.15) is 10.4 Å². The molecule has 2 aliphatic rings. The van der Waals surface area contributed by atoms with Gasteiger partial charge in [0.25, 0.3) is 5.91 Å². The lowest BCUT2D eigenvalue weighted by Crippen LogP contribution is -2.33. The molecule has 0 bridgehead atoms. The van der Waals surface area contributed by atoms with E-state index in [4.69, 9.17) is 0 Å². The monoisotopic (exact) mass is 345 g/mol. The van der Waals surface area contributed by atoms with E-state index < -0.39 is 0 Å². The molecule has 2 aromatic carbocycles. The topological polar surface area (TPSA) is 28.5 Å². The van der Waals surface area contributed by atoms with Crippen LogP contribution in [0.2, 0.25) is 0 Å². The molecule has 2 fully saturated rings. The van der Waals surface area contributed by atoms with E-state index in [-0.39, 0.29) is 5.91 Å². The first-order valence-corrected chi connectivity index (χ1v) is 9.34. The highest BCUT2D eigenvalue weighted by Gasteiger charge is 2.41. The van der Waals surface area contributed by atoms with Gasteiger partial charge in [0.15, 0.2) is 0 Å². The van der Waals surface area contributed by atoms with Crippen LogP contribution in [0, 0.1) is 11.8 Å². The Bertz CT molecular complexity index is 948. The van der Waals surface area contributed by atoms with Crippen LogP contribution < -0.4 is 4.90 Å². The maximum absolute atomic E-state index is 13.2. The normalized spacial score (nSPS) is 22.2. The van der Waals surface area contributed by atoms with Gasteiger partial charge in [0, 0.05) is 73.4 Å². The van der Waals surface area contributed by atoms with Gasteiger partial charge >= 0.3 is 0 Å². The van der Waals surface area contributed by atoms with Crippen molar-refractivity contribution in [3.8, 4) is 0 Å². The molecule has 132 valence electrons. The van der Waals surface area contributed by atoms with Crippen molar-refractivity contribution in [3.05, 3.63) is 66.4 Å². The van der Waals surface area contributed by atoms with Gasteiger partial charge in [-0.1, -0.05) is 24.3 Å². The third kappa shape index (κ3) is 2.40. The smallest absolute Gasteiger partial charge is 0.254 e. The van der Waals surface area contributed by atoms with E-state index in [0.717, 1.165) is 42.6 Å². The van der Waals surface area contributed by atoms with E-state index in [2.05, 4.69) is 56.8 Å². The van der Waals surface area contributed by atoms with Crippen molar-refractivity contribution in [1.29, 1.82) is 0 Å². The summed E-state index contributed by atoms with van der Waals surface area (Å²) >= 11 is 0. The van der Waals surface area contributed by atoms with Crippen molar-refractivity contribution < 1.29 is 4.79 Å². The van der Waals surface area contributed by atoms with Gasteiger partial charge in [0.1, 0.15) is 0 Å². The fourth-order valence-electron chi connectivity index (χ4n) is 4.67. The molecular formula is C22H23N3O. The molecule has 2 atom stereocenters. The summed E-state index contributed by atoms with van der Waals surface area (Å²) in [5.41, 5.74) is 3.25. The fraction of sp³-hybridized carbons (Fsp3) is 0.318. The van der Waals surface area contributed by atoms with Gasteiger partial charge in [0.2, 0.25) is 0 Å². The number of rotatable bonds is 2. The molecule has 0 spiro atoms. The quantitative estimate of drug-likeness (QED) is 0.712. The molecule has 1 amide bonds. The number of para-hydroxylation sites is 1. The van der Waals surface area contributed by atoms with Gasteiger partial charge in [-0.15, -0.1) is 0 Å². The molecule has 2 saturated heterocycles. The summed E-state index contributed by atoms with van der Waals surface area (Å²) in [4.78, 5) is 17.7. The zero-order valence-corrected chi connectivity index (χ0v) is 15.0. The molecule has 4 nitrogen and oxygen atoms in total. The molecule has 0 aliphatic carbocycles. The molecule has 3 aromatic rings. The van der Waals surface area contributed by atoms with Crippen LogP contribution in [0.4, 0.5) is 5.69 Å². The minimum absolute atomic E-state index is 0.183. The van der Waals surface area contributed by atoms with Crippen LogP contribution in [0.15, 0.2) is 60.8 Å². The van der Waals surface area contributed by atoms with Crippen molar-refractivity contribution in [2.75, 3.05) is 31.1 Å². The zero-order valence-electron chi connectivity index (χ0n) is 15.0. The van der Waals surface area contributed by atoms with Crippen LogP contribution in [-0.4, -0.2) is 41.6 Å². The van der Waals surface area contributed by atoms with Crippen molar-refractivity contribution in [2.45, 2.75) is 0 Å². The minimum atomic E-state index is 0.183. The standard InChI is InChI=1S/C22H23N3O/c1-23-11-10-19-20(8-5-9-21(19)23)22(26)25-14-16-12-24(13-17(16)15-25)18-6-3-2-4-7-18/h2-11,16-17H,12-15H2,1H3. The number of hydrogen-bond acceptors (Lipinski definition) is 2. The Balaban J connectivity index is 1.34. The second-order valence-electron chi connectivity index (χ2n) is 7.64. The molecule has 3 heterocycles. The highest BCUT2D eigenvalue weighted by molar-refractivity contribution is 6.06. The van der Waals surface area contributed by atoms with Gasteiger partial charge in [-0.2, -0.15) is 0 Å². The van der Waals surface area contributed by atoms with Crippen LogP contribution in [-0.2, 0) is 7.05 Å². The van der Waals surface area contributed by atoms with E-state index in [1.807, 2.05) is 25.4 Å². The number of carbonyl (C=O) groups is 1. The Kier molecular flexibility index (Phi) is 3.52. The van der Waals surface area contributed by atoms with Crippen molar-refractivity contribution in [2.24, 2.45) is 18.9 Å². The van der Waals surface area contributed by atoms with Crippen molar-refractivity contribution in [1.82, 2.24) is 9.47 Å². The molecule has 0 N–H and O–H groups in total. The predicted octanol–water partition coefficient (Wildman–Crippen LogP) is 3.39. The number of hydrogen-bond donors (Lipinski definition) is 0. The summed E-state index contributed by atoms with van der Waals surface area (Å²) in [5.74, 6) is 1.34. The lowest BCUT2D eigenvalue weighted by atomic mass is 10.0. The SMILES string of the molecule is Cn1ccc2c(C(=O)N3CC4CN(c5ccccc5)CC4C3)cccc21. The molecule has 26 heavy (non-hydrogen) atoms. The number of carbonyl (C=O) groups excluding carboxylic acids is 1. The van der Waals surface area contributed by atoms with E-state index in [1.54, 1.807) is 0 Å². The molecule has 0 saturated carbocycles. The molecule has 0 radical (unpaired) electrons. The first-order chi connectivity index (χ1) is 12.7. The van der Waals surface area contributed by atoms with Crippen LogP contribution in [0.25, 0.3) is 10.9 Å². The predicted molar refractivity (Wildman–Crippen MR) is 104 cm³/mol. The third-order valence-electron chi connectivity index (χ3n) is 6.05. The highest BCUT2D eigenvalue weighted by Crippen LogP contribution is 2.35. The molecular weight excluding hydrogens is 322 g/mol. The summed E-state index contributed by atoms with van der Waals surface area (Å²) in [6, 6.07) is 18.7. The number of likely N-dealkylation sites (tertiary alicyclic amines) is 1. The number of aryl methyl sites for hydroxylation is 1. The van der Waals surface area contributed by atoms with Crippen LogP contribution in [0.5, 0.6) is 0 Å². The summed E-state index contributed by atoms with van der Waals surface area (Å²) in [5, 5.41) is 1.06. The Morgan fingerprint density at radius 3 is 2.35 bits per heavy atom. The lowest BCUT2D eigenvalue weighted by Gasteiger charge is -2.23. The summed E-state index contributed by atoms with van der Waals surface area (Å²) in [6.45, 7) is 3.84. The minimum Gasteiger partial charge on any atom is -0.371 e. The van der Waals surface area contributed by atoms with Crippen molar-refractivity contribution in [3.63, 3.8) is 0 Å². The number of fused-ring (bicyclic) bond motifs is 2. The Hall–Kier alpha value is -2.75. The first-order valence-electron chi connectivity index (χ1n) is 9.34. The van der Waals surface area contributed by atoms with E-state index in [9.17, 15) is 4.79 Å². The molecule has 5 rings (SSSR count). The lowest BCUT2D eigenvalue weighted by molar-refractivity contribution is 0.0784. The summed E-state index contributed by atoms with van der Waals surface area (Å²) < 4.78 is 2.07. The Morgan fingerprint density at radius 2 is 1.62 bits per heavy atom. The average molecular weight is 345 g/mol. The Labute approximate surface area is 153 Å². The molecule has 1 aromatic heterocycles. The number of amides is 1. The number of benzene rings is 2. The highest BCUT2D eigenvalue weighted by atomic mass is 16.2. The number of nitrogens with zero attached hydrogens (tertiary/aromatic N) is 3. The largest absolute Gasteiger partial charge is 0.371 e. The van der Waals surface area contributed by atoms with Gasteiger partial charge in [-0.25, -0.2) is 0 Å². The average Bonchev–Trinajstić information content (AvgIpc) is 3.35. The van der Waals surface area contributed by atoms with E-state index >= 15 is 0 Å². The van der Waals surface area contributed by atoms with Gasteiger partial charge in [-0.3, -0.25) is 4.79 Å². The van der Waals surface area contributed by atoms with E-state index in [1.165, 1.54) is 5.69 Å². The van der Waals surface area contributed by atoms with Gasteiger partial charge < -0.3 is 14.4 Å². The van der Waals surface area contributed by atoms with Gasteiger partial charge in [-0.05, 0) is 30.3 Å². The van der Waals surface area contributed by atoms with Crippen LogP contribution >= 0.6 is 0 Å². The molecule has 4 heteroatoms. The zero-order chi connectivity index (χ0) is 17.7. The maximum atomic E-state index is 13.2. The number of aromatic nitrogens is 1. The van der Waals surface area contributed by atoms with Gasteiger partial charge in [0.05, 0.1) is 0 Å². The van der Waals surface area contributed by atoms with E-state index in [0.29, 0.717) is 11.8 Å². The summed E-state index contributed by atoms with van der Waals surface area (Å²) in [6.07, 6.45) is 2.03. The maximum Gasteiger partial charge on any atom is 0.254 e. The summed E-state index contributed by atoms with van der Waals surface area (Å²) in [7, 11) is 2.02. The van der Waals surface area contributed by atoms with Crippen LogP contribution in [0.3, 0.4) is 0 Å².